The molecule has 1 unspecified atom stereocenters. The predicted octanol–water partition coefficient (Wildman–Crippen LogP) is 2.97. The Morgan fingerprint density at radius 3 is 2.53 bits per heavy atom. The summed E-state index contributed by atoms with van der Waals surface area (Å²) in [6.45, 7) is 8.83. The van der Waals surface area contributed by atoms with Gasteiger partial charge in [0.25, 0.3) is 0 Å². The molecule has 90 valence electrons. The van der Waals surface area contributed by atoms with Gasteiger partial charge >= 0.3 is 0 Å². The predicted molar refractivity (Wildman–Crippen MR) is 65.1 cm³/mol. The van der Waals surface area contributed by atoms with Crippen LogP contribution < -0.4 is 5.32 Å². The highest BCUT2D eigenvalue weighted by Crippen LogP contribution is 2.26. The van der Waals surface area contributed by atoms with E-state index in [1.165, 1.54) is 32.1 Å². The first-order valence-corrected chi connectivity index (χ1v) is 6.58. The van der Waals surface area contributed by atoms with Crippen molar-refractivity contribution in [2.45, 2.75) is 65.1 Å². The molecule has 1 fully saturated rings. The van der Waals surface area contributed by atoms with Gasteiger partial charge in [0.2, 0.25) is 0 Å². The first-order valence-electron chi connectivity index (χ1n) is 6.58. The molecule has 15 heavy (non-hydrogen) atoms. The lowest BCUT2D eigenvalue weighted by atomic mass is 9.89. The molecule has 0 aromatic carbocycles. The summed E-state index contributed by atoms with van der Waals surface area (Å²) >= 11 is 0. The Balaban J connectivity index is 2.06. The first-order chi connectivity index (χ1) is 7.22. The van der Waals surface area contributed by atoms with Crippen LogP contribution in [0.5, 0.6) is 0 Å². The van der Waals surface area contributed by atoms with E-state index < -0.39 is 0 Å². The fourth-order valence-electron chi connectivity index (χ4n) is 2.22. The highest BCUT2D eigenvalue weighted by molar-refractivity contribution is 4.71. The molecule has 0 amide bonds. The zero-order valence-corrected chi connectivity index (χ0v) is 10.6. The molecule has 1 atom stereocenters. The second-order valence-corrected chi connectivity index (χ2v) is 5.03. The highest BCUT2D eigenvalue weighted by atomic mass is 16.5. The van der Waals surface area contributed by atoms with E-state index in [9.17, 15) is 0 Å². The van der Waals surface area contributed by atoms with Crippen molar-refractivity contribution < 1.29 is 4.74 Å². The highest BCUT2D eigenvalue weighted by Gasteiger charge is 2.20. The summed E-state index contributed by atoms with van der Waals surface area (Å²) in [7, 11) is 0. The summed E-state index contributed by atoms with van der Waals surface area (Å²) in [6.07, 6.45) is 7.32. The molecular weight excluding hydrogens is 186 g/mol. The minimum absolute atomic E-state index is 0.370. The molecule has 0 aliphatic heterocycles. The van der Waals surface area contributed by atoms with Crippen LogP contribution in [0.25, 0.3) is 0 Å². The zero-order chi connectivity index (χ0) is 11.1. The molecule has 1 N–H and O–H groups in total. The van der Waals surface area contributed by atoms with E-state index in [-0.39, 0.29) is 0 Å². The Morgan fingerprint density at radius 2 is 1.93 bits per heavy atom. The van der Waals surface area contributed by atoms with Crippen LogP contribution in [0.15, 0.2) is 0 Å². The summed E-state index contributed by atoms with van der Waals surface area (Å²) in [4.78, 5) is 0. The van der Waals surface area contributed by atoms with Crippen molar-refractivity contribution in [3.8, 4) is 0 Å². The molecule has 0 aromatic heterocycles. The van der Waals surface area contributed by atoms with Gasteiger partial charge in [0.15, 0.2) is 0 Å². The van der Waals surface area contributed by atoms with Gasteiger partial charge in [0, 0.05) is 6.54 Å². The van der Waals surface area contributed by atoms with Crippen LogP contribution in [0.1, 0.15) is 52.9 Å². The number of rotatable bonds is 6. The van der Waals surface area contributed by atoms with Gasteiger partial charge in [-0.2, -0.15) is 0 Å². The third kappa shape index (κ3) is 5.53. The lowest BCUT2D eigenvalue weighted by molar-refractivity contribution is -0.0258. The molecule has 1 rings (SSSR count). The normalized spacial score (nSPS) is 29.0. The molecule has 1 saturated carbocycles. The maximum absolute atomic E-state index is 6.02. The summed E-state index contributed by atoms with van der Waals surface area (Å²) in [5, 5.41) is 3.41. The Kier molecular flexibility index (Phi) is 6.26. The summed E-state index contributed by atoms with van der Waals surface area (Å²) in [5.74, 6) is 0.915. The van der Waals surface area contributed by atoms with Crippen LogP contribution in [0.4, 0.5) is 0 Å². The van der Waals surface area contributed by atoms with E-state index in [1.807, 2.05) is 0 Å². The monoisotopic (exact) mass is 213 g/mol. The zero-order valence-electron chi connectivity index (χ0n) is 10.6. The fourth-order valence-corrected chi connectivity index (χ4v) is 2.22. The number of ether oxygens (including phenoxy) is 1. The molecule has 2 nitrogen and oxygen atoms in total. The fraction of sp³-hybridized carbons (Fsp3) is 1.00. The SMILES string of the molecule is CCCNCC(C)OC1CCC(C)CC1. The third-order valence-corrected chi connectivity index (χ3v) is 3.25. The Labute approximate surface area is 94.8 Å². The molecular formula is C13H27NO. The van der Waals surface area contributed by atoms with Gasteiger partial charge in [-0.1, -0.05) is 13.8 Å². The molecule has 0 aromatic rings. The minimum atomic E-state index is 0.370. The van der Waals surface area contributed by atoms with Gasteiger partial charge in [0.1, 0.15) is 0 Å². The smallest absolute Gasteiger partial charge is 0.0675 e. The molecule has 1 aliphatic rings. The third-order valence-electron chi connectivity index (χ3n) is 3.25. The van der Waals surface area contributed by atoms with Crippen molar-refractivity contribution in [3.63, 3.8) is 0 Å². The van der Waals surface area contributed by atoms with E-state index >= 15 is 0 Å². The average molecular weight is 213 g/mol. The van der Waals surface area contributed by atoms with Crippen molar-refractivity contribution >= 4 is 0 Å². The minimum Gasteiger partial charge on any atom is -0.374 e. The van der Waals surface area contributed by atoms with Crippen LogP contribution >= 0.6 is 0 Å². The van der Waals surface area contributed by atoms with Crippen molar-refractivity contribution in [3.05, 3.63) is 0 Å². The molecule has 1 aliphatic carbocycles. The maximum atomic E-state index is 6.02. The van der Waals surface area contributed by atoms with Crippen molar-refractivity contribution in [2.75, 3.05) is 13.1 Å². The van der Waals surface area contributed by atoms with Gasteiger partial charge in [0.05, 0.1) is 12.2 Å². The Bertz CT molecular complexity index is 153. The maximum Gasteiger partial charge on any atom is 0.0675 e. The molecule has 2 heteroatoms. The number of hydrogen-bond donors (Lipinski definition) is 1. The lowest BCUT2D eigenvalue weighted by Gasteiger charge is -2.29. The topological polar surface area (TPSA) is 21.3 Å². The van der Waals surface area contributed by atoms with Gasteiger partial charge < -0.3 is 10.1 Å². The molecule has 0 radical (unpaired) electrons. The van der Waals surface area contributed by atoms with Gasteiger partial charge in [-0.05, 0) is 51.5 Å². The quantitative estimate of drug-likeness (QED) is 0.685. The number of nitrogens with one attached hydrogen (secondary N) is 1. The van der Waals surface area contributed by atoms with Crippen LogP contribution in [0.2, 0.25) is 0 Å². The van der Waals surface area contributed by atoms with E-state index in [2.05, 4.69) is 26.1 Å². The van der Waals surface area contributed by atoms with E-state index in [4.69, 9.17) is 4.74 Å². The van der Waals surface area contributed by atoms with Crippen LogP contribution in [0.3, 0.4) is 0 Å². The molecule has 0 spiro atoms. The summed E-state index contributed by atoms with van der Waals surface area (Å²) in [5.41, 5.74) is 0. The first kappa shape index (κ1) is 13.0. The largest absolute Gasteiger partial charge is 0.374 e. The second-order valence-electron chi connectivity index (χ2n) is 5.03. The van der Waals surface area contributed by atoms with Gasteiger partial charge in [-0.25, -0.2) is 0 Å². The summed E-state index contributed by atoms with van der Waals surface area (Å²) < 4.78 is 6.02. The van der Waals surface area contributed by atoms with Gasteiger partial charge in [-0.3, -0.25) is 0 Å². The van der Waals surface area contributed by atoms with E-state index in [0.717, 1.165) is 19.0 Å². The molecule has 0 bridgehead atoms. The molecule has 0 saturated heterocycles. The van der Waals surface area contributed by atoms with Crippen LogP contribution in [-0.4, -0.2) is 25.3 Å². The Hall–Kier alpha value is -0.0800. The van der Waals surface area contributed by atoms with E-state index in [1.54, 1.807) is 0 Å². The summed E-state index contributed by atoms with van der Waals surface area (Å²) in [6, 6.07) is 0. The van der Waals surface area contributed by atoms with Crippen molar-refractivity contribution in [2.24, 2.45) is 5.92 Å². The van der Waals surface area contributed by atoms with E-state index in [0.29, 0.717) is 12.2 Å². The second kappa shape index (κ2) is 7.24. The van der Waals surface area contributed by atoms with Crippen LogP contribution in [-0.2, 0) is 4.74 Å². The van der Waals surface area contributed by atoms with Crippen LogP contribution in [0, 0.1) is 5.92 Å². The van der Waals surface area contributed by atoms with Crippen molar-refractivity contribution in [1.82, 2.24) is 5.32 Å². The lowest BCUT2D eigenvalue weighted by Crippen LogP contribution is -2.32. The standard InChI is InChI=1S/C13H27NO/c1-4-9-14-10-12(3)15-13-7-5-11(2)6-8-13/h11-14H,4-10H2,1-3H3. The van der Waals surface area contributed by atoms with Gasteiger partial charge in [-0.15, -0.1) is 0 Å². The van der Waals surface area contributed by atoms with Crippen molar-refractivity contribution in [1.29, 1.82) is 0 Å². The number of hydrogen-bond acceptors (Lipinski definition) is 2. The Morgan fingerprint density at radius 1 is 1.27 bits per heavy atom. The average Bonchev–Trinajstić information content (AvgIpc) is 2.22. The molecule has 0 heterocycles.